The number of hydrogen-bond acceptors (Lipinski definition) is 14. The first-order chi connectivity index (χ1) is 52.5. The van der Waals surface area contributed by atoms with Gasteiger partial charge in [-0.3, -0.25) is 0 Å². The van der Waals surface area contributed by atoms with Crippen LogP contribution in [0.2, 0.25) is 0 Å². The van der Waals surface area contributed by atoms with Crippen LogP contribution >= 0.6 is 22.7 Å². The van der Waals surface area contributed by atoms with Crippen LogP contribution in [0.25, 0.3) is 220 Å². The Morgan fingerprint density at radius 2 is 0.557 bits per heavy atom. The number of furan rings is 4. The first-order valence-corrected chi connectivity index (χ1v) is 36.4. The van der Waals surface area contributed by atoms with Crippen LogP contribution < -0.4 is 0 Å². The van der Waals surface area contributed by atoms with Gasteiger partial charge in [-0.15, -0.1) is 22.7 Å². The lowest BCUT2D eigenvalue weighted by Crippen LogP contribution is -2.00. The fourth-order valence-electron chi connectivity index (χ4n) is 14.6. The molecule has 0 aliphatic carbocycles. The molecule has 0 aliphatic rings. The molecule has 8 heterocycles. The molecule has 0 bridgehead atoms. The van der Waals surface area contributed by atoms with Gasteiger partial charge >= 0.3 is 0 Å². The first-order valence-electron chi connectivity index (χ1n) is 34.8. The number of rotatable bonds is 10. The normalized spacial score (nSPS) is 11.8. The van der Waals surface area contributed by atoms with E-state index in [1.165, 1.54) is 9.40 Å². The first kappa shape index (κ1) is 60.8. The van der Waals surface area contributed by atoms with Gasteiger partial charge in [-0.2, -0.15) is 0 Å². The smallest absolute Gasteiger partial charge is 0.167 e. The SMILES string of the molecule is c1ccc(-c2nc(-c3ccc4c(c3)oc3ccccc34)nc(-c3cccc4oc5c(-c6cccc(-c7nc8ccccc8s7)c6)cccc5c34)n2)cc1.c1ccc(-c2nc(-c3cccc4c3oc3ccccc34)nc(-c3cccc4oc5c(-c6cccc(-c7nc8ccccc8s7)c6)cccc5c34)n2)cc1. The summed E-state index contributed by atoms with van der Waals surface area (Å²) in [6, 6.07) is 107. The van der Waals surface area contributed by atoms with Crippen LogP contribution in [-0.4, -0.2) is 39.9 Å². The zero-order chi connectivity index (χ0) is 69.8. The highest BCUT2D eigenvalue weighted by Crippen LogP contribution is 2.46. The number of nitrogens with zero attached hydrogens (tertiary/aromatic N) is 8. The van der Waals surface area contributed by atoms with E-state index in [2.05, 4.69) is 164 Å². The number of hydrogen-bond donors (Lipinski definition) is 0. The van der Waals surface area contributed by atoms with E-state index < -0.39 is 0 Å². The van der Waals surface area contributed by atoms with E-state index in [-0.39, 0.29) is 0 Å². The van der Waals surface area contributed by atoms with Crippen LogP contribution in [0.3, 0.4) is 0 Å². The fraction of sp³-hybridized carbons (Fsp3) is 0. The van der Waals surface area contributed by atoms with Crippen molar-refractivity contribution in [3.8, 4) is 112 Å². The summed E-state index contributed by atoms with van der Waals surface area (Å²) in [7, 11) is 0. The van der Waals surface area contributed by atoms with Crippen molar-refractivity contribution < 1.29 is 17.7 Å². The van der Waals surface area contributed by atoms with Crippen LogP contribution in [0.1, 0.15) is 0 Å². The monoisotopic (exact) mass is 1400 g/mol. The molecule has 0 radical (unpaired) electrons. The topological polar surface area (TPSA) is 156 Å². The van der Waals surface area contributed by atoms with E-state index in [1.807, 2.05) is 152 Å². The van der Waals surface area contributed by atoms with E-state index in [9.17, 15) is 0 Å². The van der Waals surface area contributed by atoms with E-state index >= 15 is 0 Å². The minimum absolute atomic E-state index is 0.538. The molecular formula is C92H52N8O4S2. The third-order valence-corrected chi connectivity index (χ3v) is 21.7. The summed E-state index contributed by atoms with van der Waals surface area (Å²) in [5, 5.41) is 10.1. The van der Waals surface area contributed by atoms with Crippen molar-refractivity contribution in [1.29, 1.82) is 0 Å². The van der Waals surface area contributed by atoms with Crippen molar-refractivity contribution in [1.82, 2.24) is 39.9 Å². The third-order valence-electron chi connectivity index (χ3n) is 19.6. The number of thiazole rings is 2. The predicted molar refractivity (Wildman–Crippen MR) is 429 cm³/mol. The second-order valence-corrected chi connectivity index (χ2v) is 28.1. The second kappa shape index (κ2) is 25.0. The van der Waals surface area contributed by atoms with Crippen molar-refractivity contribution in [3.05, 3.63) is 315 Å². The molecule has 0 amide bonds. The molecular weight excluding hydrogens is 1350 g/mol. The maximum absolute atomic E-state index is 6.72. The number of benzene rings is 14. The largest absolute Gasteiger partial charge is 0.456 e. The molecule has 0 N–H and O–H groups in total. The van der Waals surface area contributed by atoms with Crippen LogP contribution in [0.5, 0.6) is 0 Å². The van der Waals surface area contributed by atoms with Gasteiger partial charge < -0.3 is 17.7 Å². The molecule has 22 rings (SSSR count). The maximum Gasteiger partial charge on any atom is 0.167 e. The molecule has 0 saturated heterocycles. The number of para-hydroxylation sites is 7. The Labute approximate surface area is 611 Å². The number of fused-ring (bicyclic) bond motifs is 14. The minimum atomic E-state index is 0.538. The van der Waals surface area contributed by atoms with Gasteiger partial charge in [-0.1, -0.05) is 237 Å². The van der Waals surface area contributed by atoms with Crippen molar-refractivity contribution in [2.24, 2.45) is 0 Å². The molecule has 0 spiro atoms. The van der Waals surface area contributed by atoms with Crippen LogP contribution in [-0.2, 0) is 0 Å². The molecule has 14 heteroatoms. The zero-order valence-corrected chi connectivity index (χ0v) is 57.7. The maximum atomic E-state index is 6.72. The summed E-state index contributed by atoms with van der Waals surface area (Å²) in [5.41, 5.74) is 19.8. The Kier molecular flexibility index (Phi) is 14.3. The van der Waals surface area contributed by atoms with Gasteiger partial charge in [0.1, 0.15) is 54.7 Å². The fourth-order valence-corrected chi connectivity index (χ4v) is 16.5. The van der Waals surface area contributed by atoms with Gasteiger partial charge in [0, 0.05) is 93.2 Å². The van der Waals surface area contributed by atoms with Crippen LogP contribution in [0.4, 0.5) is 0 Å². The van der Waals surface area contributed by atoms with Crippen molar-refractivity contribution in [2.45, 2.75) is 0 Å². The van der Waals surface area contributed by atoms with E-state index in [0.717, 1.165) is 176 Å². The highest BCUT2D eigenvalue weighted by molar-refractivity contribution is 7.22. The molecule has 106 heavy (non-hydrogen) atoms. The Hall–Kier alpha value is -13.9. The molecule has 14 aromatic carbocycles. The predicted octanol–water partition coefficient (Wildman–Crippen LogP) is 25.2. The highest BCUT2D eigenvalue weighted by Gasteiger charge is 2.25. The van der Waals surface area contributed by atoms with Gasteiger partial charge in [0.15, 0.2) is 34.9 Å². The van der Waals surface area contributed by atoms with Crippen LogP contribution in [0, 0.1) is 0 Å². The molecule has 0 saturated carbocycles. The molecule has 0 unspecified atom stereocenters. The summed E-state index contributed by atoms with van der Waals surface area (Å²) < 4.78 is 28.4. The highest BCUT2D eigenvalue weighted by atomic mass is 32.1. The molecule has 0 aliphatic heterocycles. The Bertz CT molecular complexity index is 7190. The zero-order valence-electron chi connectivity index (χ0n) is 56.0. The lowest BCUT2D eigenvalue weighted by atomic mass is 9.99. The summed E-state index contributed by atoms with van der Waals surface area (Å²) in [5.74, 6) is 3.39. The van der Waals surface area contributed by atoms with Gasteiger partial charge in [-0.05, 0) is 90.0 Å². The van der Waals surface area contributed by atoms with Gasteiger partial charge in [0.25, 0.3) is 0 Å². The van der Waals surface area contributed by atoms with Crippen molar-refractivity contribution in [3.63, 3.8) is 0 Å². The summed E-state index contributed by atoms with van der Waals surface area (Å²) in [6.07, 6.45) is 0. The minimum Gasteiger partial charge on any atom is -0.456 e. The van der Waals surface area contributed by atoms with E-state index in [0.29, 0.717) is 34.9 Å². The summed E-state index contributed by atoms with van der Waals surface area (Å²) in [4.78, 5) is 40.4. The molecule has 12 nitrogen and oxygen atoms in total. The van der Waals surface area contributed by atoms with Crippen molar-refractivity contribution in [2.75, 3.05) is 0 Å². The average molecular weight is 1400 g/mol. The molecule has 0 fully saturated rings. The van der Waals surface area contributed by atoms with Gasteiger partial charge in [0.05, 0.1) is 26.0 Å². The summed E-state index contributed by atoms with van der Waals surface area (Å²) >= 11 is 3.40. The molecule has 496 valence electrons. The lowest BCUT2D eigenvalue weighted by molar-refractivity contribution is 0.669. The Morgan fingerprint density at radius 3 is 1.11 bits per heavy atom. The average Bonchev–Trinajstić information content (AvgIpc) is 1.59. The lowest BCUT2D eigenvalue weighted by Gasteiger charge is -2.09. The van der Waals surface area contributed by atoms with Gasteiger partial charge in [-0.25, -0.2) is 39.9 Å². The van der Waals surface area contributed by atoms with E-state index in [4.69, 9.17) is 57.5 Å². The Morgan fingerprint density at radius 1 is 0.198 bits per heavy atom. The Balaban J connectivity index is 0.000000136. The molecule has 8 aromatic heterocycles. The molecule has 0 atom stereocenters. The van der Waals surface area contributed by atoms with Crippen LogP contribution in [0.15, 0.2) is 333 Å². The van der Waals surface area contributed by atoms with Crippen molar-refractivity contribution >= 4 is 131 Å². The molecule has 22 aromatic rings. The quantitative estimate of drug-likeness (QED) is 0.128. The summed E-state index contributed by atoms with van der Waals surface area (Å²) in [6.45, 7) is 0. The standard InChI is InChI=1S/2C46H26N4O2S/c1-2-12-27(13-3-1)43-48-44(50-45(49-43)35-21-10-18-32-31-16-4-6-23-37(31)51-42(32)35)34-20-11-24-38-40(34)33-19-9-17-30(41(33)52-38)28-14-8-15-29(26-28)46-47-36-22-5-7-25-39(36)53-46;1-2-11-27(12-3-1)43-48-44(29-23-24-33-32-15-4-6-20-37(32)51-39(33)26-29)50-45(49-43)35-18-10-21-38-41(35)34-17-9-16-31(42(34)52-38)28-13-8-14-30(25-28)46-47-36-19-5-7-22-40(36)53-46/h2*1-26H. The number of aromatic nitrogens is 8. The van der Waals surface area contributed by atoms with E-state index in [1.54, 1.807) is 22.7 Å². The van der Waals surface area contributed by atoms with Gasteiger partial charge in [0.2, 0.25) is 0 Å². The second-order valence-electron chi connectivity index (χ2n) is 26.0. The third kappa shape index (κ3) is 10.5.